The molecule has 0 aliphatic rings. The van der Waals surface area contributed by atoms with Crippen LogP contribution >= 0.6 is 0 Å². The van der Waals surface area contributed by atoms with Gasteiger partial charge >= 0.3 is 0 Å². The fourth-order valence-electron chi connectivity index (χ4n) is 1.14. The molecule has 3 nitrogen and oxygen atoms in total. The third-order valence-electron chi connectivity index (χ3n) is 2.81. The Morgan fingerprint density at radius 1 is 0.867 bits per heavy atom. The lowest BCUT2D eigenvalue weighted by molar-refractivity contribution is 0.460. The van der Waals surface area contributed by atoms with Crippen molar-refractivity contribution in [2.24, 2.45) is 0 Å². The Kier molecular flexibility index (Phi) is 6.94. The highest BCUT2D eigenvalue weighted by molar-refractivity contribution is 6.30. The Morgan fingerprint density at radius 3 is 1.47 bits per heavy atom. The highest BCUT2D eigenvalue weighted by Crippen LogP contribution is 2.26. The second kappa shape index (κ2) is 6.80. The third-order valence-corrected chi connectivity index (χ3v) is 5.23. The van der Waals surface area contributed by atoms with Gasteiger partial charge in [0.2, 0.25) is 0 Å². The second-order valence-electron chi connectivity index (χ2n) is 5.89. The smallest absolute Gasteiger partial charge is 0.162 e. The lowest BCUT2D eigenvalue weighted by atomic mass is 10.1. The standard InChI is InChI=1S/C10H27NO2Si2/c1-9(2,14-12)5-7-11-8-6-10(3,4)15-13/h11-13H,5-8,14-15H2,1-4H3. The summed E-state index contributed by atoms with van der Waals surface area (Å²) in [6.07, 6.45) is 2.10. The van der Waals surface area contributed by atoms with Crippen molar-refractivity contribution in [3.8, 4) is 0 Å². The van der Waals surface area contributed by atoms with Crippen LogP contribution in [0.3, 0.4) is 0 Å². The molecule has 0 aliphatic carbocycles. The van der Waals surface area contributed by atoms with Crippen LogP contribution in [0.25, 0.3) is 0 Å². The molecule has 0 amide bonds. The van der Waals surface area contributed by atoms with Crippen LogP contribution in [-0.2, 0) is 0 Å². The first-order chi connectivity index (χ1) is 6.83. The summed E-state index contributed by atoms with van der Waals surface area (Å²) in [4.78, 5) is 18.4. The molecule has 0 saturated heterocycles. The van der Waals surface area contributed by atoms with Gasteiger partial charge in [-0.15, -0.1) is 0 Å². The van der Waals surface area contributed by atoms with Gasteiger partial charge in [0, 0.05) is 0 Å². The molecule has 0 aromatic heterocycles. The molecular weight excluding hydrogens is 222 g/mol. The van der Waals surface area contributed by atoms with Crippen LogP contribution in [0.5, 0.6) is 0 Å². The first-order valence-corrected chi connectivity index (χ1v) is 8.43. The van der Waals surface area contributed by atoms with Gasteiger partial charge in [-0.25, -0.2) is 0 Å². The molecule has 5 heteroatoms. The van der Waals surface area contributed by atoms with E-state index in [1.54, 1.807) is 0 Å². The summed E-state index contributed by atoms with van der Waals surface area (Å²) in [7, 11) is -1.79. The molecule has 0 heterocycles. The quantitative estimate of drug-likeness (QED) is 0.416. The predicted molar refractivity (Wildman–Crippen MR) is 71.7 cm³/mol. The summed E-state index contributed by atoms with van der Waals surface area (Å²) >= 11 is 0. The lowest BCUT2D eigenvalue weighted by Crippen LogP contribution is -2.26. The zero-order chi connectivity index (χ0) is 11.9. The SMILES string of the molecule is CC(C)(CCNCCC(C)(C)[SiH2]O)[SiH2]O. The van der Waals surface area contributed by atoms with Crippen LogP contribution in [-0.4, -0.2) is 42.2 Å². The van der Waals surface area contributed by atoms with Crippen LogP contribution in [0.1, 0.15) is 40.5 Å². The van der Waals surface area contributed by atoms with Crippen molar-refractivity contribution >= 4 is 19.5 Å². The van der Waals surface area contributed by atoms with Gasteiger partial charge in [0.25, 0.3) is 0 Å². The summed E-state index contributed by atoms with van der Waals surface area (Å²) in [5.41, 5.74) is 0. The van der Waals surface area contributed by atoms with Crippen LogP contribution in [0.4, 0.5) is 0 Å². The highest BCUT2D eigenvalue weighted by atomic mass is 28.2. The van der Waals surface area contributed by atoms with Crippen LogP contribution in [0, 0.1) is 0 Å². The average Bonchev–Trinajstić information content (AvgIpc) is 2.17. The Hall–Kier alpha value is 0.314. The molecule has 0 unspecified atom stereocenters. The molecule has 0 atom stereocenters. The fourth-order valence-corrected chi connectivity index (χ4v) is 1.81. The highest BCUT2D eigenvalue weighted by Gasteiger charge is 2.18. The van der Waals surface area contributed by atoms with Crippen molar-refractivity contribution in [1.82, 2.24) is 5.32 Å². The van der Waals surface area contributed by atoms with E-state index in [2.05, 4.69) is 33.0 Å². The average molecular weight is 250 g/mol. The normalized spacial score (nSPS) is 14.8. The largest absolute Gasteiger partial charge is 0.438 e. The molecule has 0 saturated carbocycles. The Bertz CT molecular complexity index is 157. The van der Waals surface area contributed by atoms with E-state index in [1.165, 1.54) is 0 Å². The number of hydrogen-bond donors (Lipinski definition) is 3. The van der Waals surface area contributed by atoms with E-state index in [9.17, 15) is 9.59 Å². The van der Waals surface area contributed by atoms with E-state index in [0.717, 1.165) is 25.9 Å². The van der Waals surface area contributed by atoms with Crippen LogP contribution in [0.2, 0.25) is 10.1 Å². The third kappa shape index (κ3) is 8.16. The van der Waals surface area contributed by atoms with Gasteiger partial charge in [-0.1, -0.05) is 27.7 Å². The number of nitrogens with one attached hydrogen (secondary N) is 1. The minimum atomic E-state index is -0.897. The summed E-state index contributed by atoms with van der Waals surface area (Å²) in [5.74, 6) is 0. The van der Waals surface area contributed by atoms with Crippen LogP contribution in [0.15, 0.2) is 0 Å². The Labute approximate surface area is 98.6 Å². The Morgan fingerprint density at radius 2 is 1.20 bits per heavy atom. The van der Waals surface area contributed by atoms with Gasteiger partial charge in [-0.3, -0.25) is 0 Å². The lowest BCUT2D eigenvalue weighted by Gasteiger charge is -2.23. The van der Waals surface area contributed by atoms with Crippen molar-refractivity contribution < 1.29 is 9.59 Å². The molecule has 0 spiro atoms. The monoisotopic (exact) mass is 249 g/mol. The minimum absolute atomic E-state index is 0.161. The molecule has 15 heavy (non-hydrogen) atoms. The molecule has 0 aromatic rings. The van der Waals surface area contributed by atoms with Crippen molar-refractivity contribution in [1.29, 1.82) is 0 Å². The maximum absolute atomic E-state index is 9.20. The van der Waals surface area contributed by atoms with Crippen molar-refractivity contribution in [3.05, 3.63) is 0 Å². The molecule has 3 N–H and O–H groups in total. The van der Waals surface area contributed by atoms with Gasteiger partial charge in [0.15, 0.2) is 19.5 Å². The van der Waals surface area contributed by atoms with Crippen molar-refractivity contribution in [2.45, 2.75) is 50.6 Å². The second-order valence-corrected chi connectivity index (χ2v) is 10.4. The topological polar surface area (TPSA) is 52.5 Å². The predicted octanol–water partition coefficient (Wildman–Crippen LogP) is -0.0946. The summed E-state index contributed by atoms with van der Waals surface area (Å²) in [5, 5.41) is 3.71. The molecule has 0 aromatic carbocycles. The fraction of sp³-hybridized carbons (Fsp3) is 1.00. The molecule has 0 fully saturated rings. The van der Waals surface area contributed by atoms with Gasteiger partial charge in [-0.05, 0) is 36.0 Å². The summed E-state index contributed by atoms with van der Waals surface area (Å²) in [6.45, 7) is 10.5. The van der Waals surface area contributed by atoms with Crippen LogP contribution < -0.4 is 5.32 Å². The van der Waals surface area contributed by atoms with Crippen molar-refractivity contribution in [2.75, 3.05) is 13.1 Å². The molecule has 0 bridgehead atoms. The Balaban J connectivity index is 3.48. The molecular formula is C10H27NO2Si2. The summed E-state index contributed by atoms with van der Waals surface area (Å²) in [6, 6.07) is 0. The molecule has 0 aliphatic heterocycles. The van der Waals surface area contributed by atoms with E-state index < -0.39 is 19.5 Å². The number of rotatable bonds is 8. The minimum Gasteiger partial charge on any atom is -0.438 e. The van der Waals surface area contributed by atoms with Gasteiger partial charge < -0.3 is 14.9 Å². The van der Waals surface area contributed by atoms with Gasteiger partial charge in [0.1, 0.15) is 0 Å². The van der Waals surface area contributed by atoms with E-state index in [1.807, 2.05) is 0 Å². The van der Waals surface area contributed by atoms with E-state index in [0.29, 0.717) is 0 Å². The summed E-state index contributed by atoms with van der Waals surface area (Å²) < 4.78 is 0. The zero-order valence-corrected chi connectivity index (χ0v) is 13.5. The van der Waals surface area contributed by atoms with E-state index in [4.69, 9.17) is 0 Å². The first-order valence-electron chi connectivity index (χ1n) is 5.75. The van der Waals surface area contributed by atoms with Crippen molar-refractivity contribution in [3.63, 3.8) is 0 Å². The zero-order valence-electron chi connectivity index (χ0n) is 10.6. The first kappa shape index (κ1) is 15.3. The number of hydrogen-bond acceptors (Lipinski definition) is 3. The molecule has 0 rings (SSSR count). The maximum atomic E-state index is 9.20. The van der Waals surface area contributed by atoms with E-state index in [-0.39, 0.29) is 10.1 Å². The molecule has 92 valence electrons. The van der Waals surface area contributed by atoms with Gasteiger partial charge in [-0.2, -0.15) is 0 Å². The molecule has 0 radical (unpaired) electrons. The maximum Gasteiger partial charge on any atom is 0.162 e. The van der Waals surface area contributed by atoms with Gasteiger partial charge in [0.05, 0.1) is 0 Å². The van der Waals surface area contributed by atoms with E-state index >= 15 is 0 Å².